The van der Waals surface area contributed by atoms with Crippen molar-refractivity contribution in [3.63, 3.8) is 0 Å². The van der Waals surface area contributed by atoms with Crippen molar-refractivity contribution < 1.29 is 24.2 Å². The lowest BCUT2D eigenvalue weighted by Gasteiger charge is -2.23. The maximum Gasteiger partial charge on any atom is 0.305 e. The Morgan fingerprint density at radius 1 is 1.41 bits per heavy atom. The number of carbonyl (C=O) groups is 2. The van der Waals surface area contributed by atoms with Gasteiger partial charge in [0.05, 0.1) is 19.1 Å². The average Bonchev–Trinajstić information content (AvgIpc) is 2.89. The highest BCUT2D eigenvalue weighted by Crippen LogP contribution is 2.25. The second-order valence-corrected chi connectivity index (χ2v) is 5.26. The first-order valence-corrected chi connectivity index (χ1v) is 7.33. The molecule has 6 heteroatoms. The summed E-state index contributed by atoms with van der Waals surface area (Å²) in [4.78, 5) is 25.3. The summed E-state index contributed by atoms with van der Waals surface area (Å²) >= 11 is 0. The summed E-state index contributed by atoms with van der Waals surface area (Å²) in [6.45, 7) is 2.81. The molecular formula is C16H21NO5. The second-order valence-electron chi connectivity index (χ2n) is 5.26. The van der Waals surface area contributed by atoms with E-state index in [1.807, 2.05) is 6.92 Å². The first-order valence-electron chi connectivity index (χ1n) is 7.33. The number of carboxylic acids is 1. The Morgan fingerprint density at radius 3 is 2.82 bits per heavy atom. The van der Waals surface area contributed by atoms with Crippen LogP contribution in [-0.4, -0.2) is 54.3 Å². The summed E-state index contributed by atoms with van der Waals surface area (Å²) in [5.41, 5.74) is 0.498. The van der Waals surface area contributed by atoms with Crippen molar-refractivity contribution >= 4 is 11.9 Å². The number of ether oxygens (including phenoxy) is 2. The lowest BCUT2D eigenvalue weighted by atomic mass is 10.1. The number of amides is 1. The Kier molecular flexibility index (Phi) is 5.38. The van der Waals surface area contributed by atoms with E-state index in [2.05, 4.69) is 0 Å². The third-order valence-electron chi connectivity index (χ3n) is 3.77. The third-order valence-corrected chi connectivity index (χ3v) is 3.77. The predicted molar refractivity (Wildman–Crippen MR) is 80.1 cm³/mol. The number of benzene rings is 1. The van der Waals surface area contributed by atoms with Crippen LogP contribution >= 0.6 is 0 Å². The fourth-order valence-electron chi connectivity index (χ4n) is 2.74. The molecule has 1 aromatic carbocycles. The largest absolute Gasteiger partial charge is 0.494 e. The molecule has 1 aromatic rings. The van der Waals surface area contributed by atoms with Crippen LogP contribution in [0.3, 0.4) is 0 Å². The van der Waals surface area contributed by atoms with Crippen LogP contribution < -0.4 is 4.74 Å². The highest BCUT2D eigenvalue weighted by Gasteiger charge is 2.36. The molecule has 1 aliphatic heterocycles. The summed E-state index contributed by atoms with van der Waals surface area (Å²) in [5, 5.41) is 9.02. The van der Waals surface area contributed by atoms with E-state index in [-0.39, 0.29) is 24.5 Å². The molecule has 1 fully saturated rings. The highest BCUT2D eigenvalue weighted by molar-refractivity contribution is 5.95. The Bertz CT molecular complexity index is 545. The van der Waals surface area contributed by atoms with Gasteiger partial charge in [-0.25, -0.2) is 0 Å². The Labute approximate surface area is 129 Å². The van der Waals surface area contributed by atoms with Gasteiger partial charge in [0.2, 0.25) is 0 Å². The lowest BCUT2D eigenvalue weighted by Crippen LogP contribution is -2.37. The summed E-state index contributed by atoms with van der Waals surface area (Å²) in [5.74, 6) is -0.472. The van der Waals surface area contributed by atoms with E-state index in [9.17, 15) is 9.59 Å². The third kappa shape index (κ3) is 3.76. The van der Waals surface area contributed by atoms with Gasteiger partial charge in [-0.15, -0.1) is 0 Å². The Balaban J connectivity index is 2.18. The van der Waals surface area contributed by atoms with Crippen molar-refractivity contribution in [2.75, 3.05) is 20.3 Å². The molecule has 0 bridgehead atoms. The van der Waals surface area contributed by atoms with Crippen molar-refractivity contribution in [1.82, 2.24) is 4.90 Å². The number of aliphatic carboxylic acids is 1. The van der Waals surface area contributed by atoms with E-state index < -0.39 is 5.97 Å². The van der Waals surface area contributed by atoms with Crippen molar-refractivity contribution in [3.05, 3.63) is 29.8 Å². The quantitative estimate of drug-likeness (QED) is 0.867. The molecule has 120 valence electrons. The molecule has 2 rings (SSSR count). The number of likely N-dealkylation sites (tertiary alicyclic amines) is 1. The van der Waals surface area contributed by atoms with Crippen LogP contribution in [0.2, 0.25) is 0 Å². The summed E-state index contributed by atoms with van der Waals surface area (Å²) in [6, 6.07) is 6.60. The van der Waals surface area contributed by atoms with Crippen molar-refractivity contribution in [2.45, 2.75) is 31.9 Å². The fraction of sp³-hybridized carbons (Fsp3) is 0.500. The summed E-state index contributed by atoms with van der Waals surface area (Å²) < 4.78 is 10.7. The first kappa shape index (κ1) is 16.3. The minimum absolute atomic E-state index is 0.0727. The zero-order chi connectivity index (χ0) is 16.1. The molecule has 0 spiro atoms. The second kappa shape index (κ2) is 7.26. The van der Waals surface area contributed by atoms with Gasteiger partial charge in [0, 0.05) is 25.3 Å². The molecule has 0 saturated carbocycles. The number of nitrogens with zero attached hydrogens (tertiary/aromatic N) is 1. The van der Waals surface area contributed by atoms with Gasteiger partial charge in [0.15, 0.2) is 0 Å². The van der Waals surface area contributed by atoms with Crippen LogP contribution in [0.25, 0.3) is 0 Å². The van der Waals surface area contributed by atoms with Gasteiger partial charge in [0.25, 0.3) is 5.91 Å². The Hall–Kier alpha value is -2.08. The Morgan fingerprint density at radius 2 is 2.18 bits per heavy atom. The molecule has 2 unspecified atom stereocenters. The topological polar surface area (TPSA) is 76.1 Å². The van der Waals surface area contributed by atoms with Gasteiger partial charge in [-0.05, 0) is 31.5 Å². The summed E-state index contributed by atoms with van der Waals surface area (Å²) in [7, 11) is 1.58. The predicted octanol–water partition coefficient (Wildman–Crippen LogP) is 1.79. The molecule has 22 heavy (non-hydrogen) atoms. The lowest BCUT2D eigenvalue weighted by molar-refractivity contribution is -0.137. The van der Waals surface area contributed by atoms with Gasteiger partial charge < -0.3 is 19.5 Å². The summed E-state index contributed by atoms with van der Waals surface area (Å²) in [6.07, 6.45) is 0.347. The van der Waals surface area contributed by atoms with Gasteiger partial charge >= 0.3 is 5.97 Å². The maximum atomic E-state index is 12.7. The van der Waals surface area contributed by atoms with Crippen LogP contribution in [0.5, 0.6) is 5.75 Å². The van der Waals surface area contributed by atoms with E-state index in [0.29, 0.717) is 30.9 Å². The number of carboxylic acid groups (broad SMARTS) is 1. The van der Waals surface area contributed by atoms with Gasteiger partial charge in [-0.1, -0.05) is 6.07 Å². The number of rotatable bonds is 6. The molecule has 1 saturated heterocycles. The van der Waals surface area contributed by atoms with Crippen LogP contribution in [0, 0.1) is 0 Å². The maximum absolute atomic E-state index is 12.7. The van der Waals surface area contributed by atoms with E-state index in [1.54, 1.807) is 36.3 Å². The smallest absolute Gasteiger partial charge is 0.305 e. The molecule has 1 N–H and O–H groups in total. The molecule has 0 aromatic heterocycles. The standard InChI is InChI=1S/C16H21NO5/c1-3-22-13-6-4-5-11(7-13)16(20)17-10-14(21-2)8-12(17)9-15(18)19/h4-7,12,14H,3,8-10H2,1-2H3,(H,18,19). The fourth-order valence-corrected chi connectivity index (χ4v) is 2.74. The molecule has 1 amide bonds. The molecular weight excluding hydrogens is 286 g/mol. The molecule has 1 aliphatic rings. The minimum atomic E-state index is -0.914. The monoisotopic (exact) mass is 307 g/mol. The van der Waals surface area contributed by atoms with E-state index in [0.717, 1.165) is 0 Å². The van der Waals surface area contributed by atoms with Crippen LogP contribution in [0.4, 0.5) is 0 Å². The van der Waals surface area contributed by atoms with Crippen molar-refractivity contribution in [1.29, 1.82) is 0 Å². The number of carbonyl (C=O) groups excluding carboxylic acids is 1. The number of methoxy groups -OCH3 is 1. The van der Waals surface area contributed by atoms with Gasteiger partial charge in [-0.3, -0.25) is 9.59 Å². The van der Waals surface area contributed by atoms with Gasteiger partial charge in [-0.2, -0.15) is 0 Å². The number of hydrogen-bond acceptors (Lipinski definition) is 4. The minimum Gasteiger partial charge on any atom is -0.494 e. The van der Waals surface area contributed by atoms with E-state index in [4.69, 9.17) is 14.6 Å². The van der Waals surface area contributed by atoms with Crippen LogP contribution in [0.1, 0.15) is 30.1 Å². The SMILES string of the molecule is CCOc1cccc(C(=O)N2CC(OC)CC2CC(=O)O)c1. The van der Waals surface area contributed by atoms with E-state index >= 15 is 0 Å². The van der Waals surface area contributed by atoms with Crippen molar-refractivity contribution in [2.24, 2.45) is 0 Å². The van der Waals surface area contributed by atoms with Gasteiger partial charge in [0.1, 0.15) is 5.75 Å². The molecule has 6 nitrogen and oxygen atoms in total. The first-order chi connectivity index (χ1) is 10.5. The zero-order valence-corrected chi connectivity index (χ0v) is 12.8. The molecule has 1 heterocycles. The van der Waals surface area contributed by atoms with Crippen LogP contribution in [-0.2, 0) is 9.53 Å². The molecule has 0 radical (unpaired) electrons. The number of hydrogen-bond donors (Lipinski definition) is 1. The average molecular weight is 307 g/mol. The molecule has 0 aliphatic carbocycles. The van der Waals surface area contributed by atoms with Crippen molar-refractivity contribution in [3.8, 4) is 5.75 Å². The van der Waals surface area contributed by atoms with E-state index in [1.165, 1.54) is 0 Å². The highest BCUT2D eigenvalue weighted by atomic mass is 16.5. The van der Waals surface area contributed by atoms with Crippen LogP contribution in [0.15, 0.2) is 24.3 Å². The zero-order valence-electron chi connectivity index (χ0n) is 12.8. The molecule has 2 atom stereocenters. The normalized spacial score (nSPS) is 20.9.